The van der Waals surface area contributed by atoms with Crippen LogP contribution in [0, 0.1) is 0 Å². The van der Waals surface area contributed by atoms with E-state index >= 15 is 0 Å². The molecule has 0 atom stereocenters. The number of carbonyl (C=O) groups excluding carboxylic acids is 1. The molecule has 2 heterocycles. The van der Waals surface area contributed by atoms with E-state index < -0.39 is 0 Å². The summed E-state index contributed by atoms with van der Waals surface area (Å²) in [6, 6.07) is 11.3. The van der Waals surface area contributed by atoms with Gasteiger partial charge in [-0.1, -0.05) is 18.2 Å². The minimum atomic E-state index is -0.0952. The van der Waals surface area contributed by atoms with E-state index in [0.717, 1.165) is 16.9 Å². The van der Waals surface area contributed by atoms with Crippen LogP contribution in [0.3, 0.4) is 0 Å². The summed E-state index contributed by atoms with van der Waals surface area (Å²) in [6.07, 6.45) is 5.26. The number of hydrogen-bond acceptors (Lipinski definition) is 4. The summed E-state index contributed by atoms with van der Waals surface area (Å²) in [5.74, 6) is 1.38. The Hall–Kier alpha value is -2.95. The molecule has 1 aliphatic heterocycles. The summed E-state index contributed by atoms with van der Waals surface area (Å²) >= 11 is 0. The lowest BCUT2D eigenvalue weighted by atomic mass is 10.2. The molecule has 2 aromatic rings. The number of nitrogens with zero attached hydrogens (tertiary/aromatic N) is 3. The lowest BCUT2D eigenvalue weighted by Crippen LogP contribution is -2.29. The van der Waals surface area contributed by atoms with Gasteiger partial charge in [0.2, 0.25) is 0 Å². The summed E-state index contributed by atoms with van der Waals surface area (Å²) in [4.78, 5) is 22.7. The monoisotopic (exact) mass is 307 g/mol. The highest BCUT2D eigenvalue weighted by Gasteiger charge is 2.27. The van der Waals surface area contributed by atoms with Gasteiger partial charge in [-0.15, -0.1) is 0 Å². The number of amidine groups is 1. The largest absolute Gasteiger partial charge is 0.497 e. The third-order valence-corrected chi connectivity index (χ3v) is 3.62. The van der Waals surface area contributed by atoms with Crippen molar-refractivity contribution in [3.8, 4) is 5.75 Å². The minimum Gasteiger partial charge on any atom is -0.497 e. The van der Waals surface area contributed by atoms with Crippen LogP contribution in [0.4, 0.5) is 0 Å². The van der Waals surface area contributed by atoms with Gasteiger partial charge in [0, 0.05) is 12.4 Å². The van der Waals surface area contributed by atoms with Gasteiger partial charge in [-0.25, -0.2) is 4.99 Å². The van der Waals surface area contributed by atoms with Gasteiger partial charge in [-0.05, 0) is 42.3 Å². The van der Waals surface area contributed by atoms with Gasteiger partial charge in [-0.2, -0.15) is 0 Å². The number of pyridine rings is 1. The molecule has 5 heteroatoms. The van der Waals surface area contributed by atoms with Crippen LogP contribution in [0.2, 0.25) is 0 Å². The topological polar surface area (TPSA) is 54.8 Å². The van der Waals surface area contributed by atoms with Crippen LogP contribution in [0.15, 0.2) is 59.5 Å². The maximum atomic E-state index is 12.5. The van der Waals surface area contributed by atoms with Crippen LogP contribution < -0.4 is 4.74 Å². The molecule has 1 aliphatic rings. The van der Waals surface area contributed by atoms with Crippen molar-refractivity contribution in [2.24, 2.45) is 4.99 Å². The lowest BCUT2D eigenvalue weighted by Gasteiger charge is -2.15. The highest BCUT2D eigenvalue weighted by atomic mass is 16.5. The molecule has 0 spiro atoms. The summed E-state index contributed by atoms with van der Waals surface area (Å²) in [5, 5.41) is 0. The maximum Gasteiger partial charge on any atom is 0.278 e. The molecule has 0 aliphatic carbocycles. The molecule has 0 saturated heterocycles. The first-order valence-corrected chi connectivity index (χ1v) is 7.29. The molecule has 0 saturated carbocycles. The summed E-state index contributed by atoms with van der Waals surface area (Å²) in [5.41, 5.74) is 2.33. The number of aromatic nitrogens is 1. The molecule has 0 fully saturated rings. The molecule has 0 radical (unpaired) electrons. The van der Waals surface area contributed by atoms with Crippen LogP contribution in [0.25, 0.3) is 6.08 Å². The molecule has 1 aromatic heterocycles. The van der Waals surface area contributed by atoms with Crippen molar-refractivity contribution in [3.63, 3.8) is 0 Å². The summed E-state index contributed by atoms with van der Waals surface area (Å²) < 4.78 is 5.13. The van der Waals surface area contributed by atoms with Gasteiger partial charge in [0.25, 0.3) is 5.91 Å². The Morgan fingerprint density at radius 3 is 2.65 bits per heavy atom. The van der Waals surface area contributed by atoms with E-state index in [1.807, 2.05) is 43.3 Å². The van der Waals surface area contributed by atoms with E-state index in [-0.39, 0.29) is 5.91 Å². The number of carbonyl (C=O) groups is 1. The molecule has 0 unspecified atom stereocenters. The molecule has 23 heavy (non-hydrogen) atoms. The quantitative estimate of drug-likeness (QED) is 0.816. The number of aliphatic imine (C=N–C) groups is 1. The average Bonchev–Trinajstić information content (AvgIpc) is 2.84. The molecule has 1 aromatic carbocycles. The standard InChI is InChI=1S/C18H17N3O2/c1-13-20-17(10-14-5-7-16(23-2)8-6-14)18(22)21(13)12-15-4-3-9-19-11-15/h3-11H,12H2,1-2H3/b17-10-. The Morgan fingerprint density at radius 1 is 1.22 bits per heavy atom. The molecule has 116 valence electrons. The highest BCUT2D eigenvalue weighted by Crippen LogP contribution is 2.21. The highest BCUT2D eigenvalue weighted by molar-refractivity contribution is 6.13. The minimum absolute atomic E-state index is 0.0952. The van der Waals surface area contributed by atoms with Crippen LogP contribution in [-0.4, -0.2) is 28.7 Å². The normalized spacial score (nSPS) is 15.9. The van der Waals surface area contributed by atoms with Crippen molar-refractivity contribution >= 4 is 17.8 Å². The van der Waals surface area contributed by atoms with Crippen LogP contribution in [0.1, 0.15) is 18.1 Å². The smallest absolute Gasteiger partial charge is 0.278 e. The summed E-state index contributed by atoms with van der Waals surface area (Å²) in [7, 11) is 1.62. The average molecular weight is 307 g/mol. The van der Waals surface area contributed by atoms with Crippen molar-refractivity contribution in [2.75, 3.05) is 7.11 Å². The number of ether oxygens (including phenoxy) is 1. The van der Waals surface area contributed by atoms with Crippen molar-refractivity contribution in [2.45, 2.75) is 13.5 Å². The fraction of sp³-hybridized carbons (Fsp3) is 0.167. The Morgan fingerprint density at radius 2 is 2.00 bits per heavy atom. The zero-order chi connectivity index (χ0) is 16.2. The van der Waals surface area contributed by atoms with Gasteiger partial charge in [0.05, 0.1) is 13.7 Å². The van der Waals surface area contributed by atoms with Crippen molar-refractivity contribution in [3.05, 3.63) is 65.6 Å². The molecule has 0 bridgehead atoms. The summed E-state index contributed by atoms with van der Waals surface area (Å²) in [6.45, 7) is 2.31. The Kier molecular flexibility index (Phi) is 4.19. The van der Waals surface area contributed by atoms with Gasteiger partial charge >= 0.3 is 0 Å². The van der Waals surface area contributed by atoms with E-state index in [9.17, 15) is 4.79 Å². The van der Waals surface area contributed by atoms with Crippen molar-refractivity contribution in [1.29, 1.82) is 0 Å². The number of rotatable bonds is 4. The number of hydrogen-bond donors (Lipinski definition) is 0. The number of methoxy groups -OCH3 is 1. The second-order valence-electron chi connectivity index (χ2n) is 5.21. The molecule has 0 N–H and O–H groups in total. The fourth-order valence-electron chi connectivity index (χ4n) is 2.38. The lowest BCUT2D eigenvalue weighted by molar-refractivity contribution is -0.123. The zero-order valence-electron chi connectivity index (χ0n) is 13.1. The van der Waals surface area contributed by atoms with Gasteiger partial charge in [0.15, 0.2) is 0 Å². The number of benzene rings is 1. The molecule has 1 amide bonds. The van der Waals surface area contributed by atoms with Crippen molar-refractivity contribution in [1.82, 2.24) is 9.88 Å². The van der Waals surface area contributed by atoms with Crippen LogP contribution in [0.5, 0.6) is 5.75 Å². The fourth-order valence-corrected chi connectivity index (χ4v) is 2.38. The number of amides is 1. The second kappa shape index (κ2) is 6.44. The van der Waals surface area contributed by atoms with Gasteiger partial charge in [-0.3, -0.25) is 14.7 Å². The van der Waals surface area contributed by atoms with E-state index in [1.54, 1.807) is 30.5 Å². The van der Waals surface area contributed by atoms with E-state index in [1.165, 1.54) is 0 Å². The first kappa shape index (κ1) is 15.0. The van der Waals surface area contributed by atoms with Crippen LogP contribution in [-0.2, 0) is 11.3 Å². The second-order valence-corrected chi connectivity index (χ2v) is 5.21. The predicted octanol–water partition coefficient (Wildman–Crippen LogP) is 2.89. The molecular formula is C18H17N3O2. The Labute approximate surface area is 134 Å². The third kappa shape index (κ3) is 3.29. The Bertz CT molecular complexity index is 765. The van der Waals surface area contributed by atoms with Crippen LogP contribution >= 0.6 is 0 Å². The first-order valence-electron chi connectivity index (χ1n) is 7.29. The van der Waals surface area contributed by atoms with E-state index in [2.05, 4.69) is 9.98 Å². The van der Waals surface area contributed by atoms with Crippen molar-refractivity contribution < 1.29 is 9.53 Å². The van der Waals surface area contributed by atoms with Gasteiger partial charge in [0.1, 0.15) is 17.3 Å². The SMILES string of the molecule is COc1ccc(/C=C2\N=C(C)N(Cc3cccnc3)C2=O)cc1. The molecule has 3 rings (SSSR count). The Balaban J connectivity index is 1.80. The van der Waals surface area contributed by atoms with E-state index in [0.29, 0.717) is 18.1 Å². The third-order valence-electron chi connectivity index (χ3n) is 3.62. The first-order chi connectivity index (χ1) is 11.2. The molecule has 5 nitrogen and oxygen atoms in total. The predicted molar refractivity (Wildman–Crippen MR) is 88.9 cm³/mol. The van der Waals surface area contributed by atoms with E-state index in [4.69, 9.17) is 4.74 Å². The zero-order valence-corrected chi connectivity index (χ0v) is 13.1. The maximum absolute atomic E-state index is 12.5. The molecular weight excluding hydrogens is 290 g/mol. The van der Waals surface area contributed by atoms with Gasteiger partial charge < -0.3 is 4.74 Å².